The molecule has 1 atom stereocenters. The van der Waals surface area contributed by atoms with Gasteiger partial charge in [0.25, 0.3) is 5.91 Å². The quantitative estimate of drug-likeness (QED) is 0.837. The van der Waals surface area contributed by atoms with Gasteiger partial charge in [-0.3, -0.25) is 4.79 Å². The van der Waals surface area contributed by atoms with Crippen molar-refractivity contribution in [3.63, 3.8) is 0 Å². The number of thiophene rings is 1. The van der Waals surface area contributed by atoms with E-state index in [0.717, 1.165) is 31.8 Å². The third kappa shape index (κ3) is 3.44. The fourth-order valence-corrected chi connectivity index (χ4v) is 2.75. The fourth-order valence-electron chi connectivity index (χ4n) is 1.98. The Bertz CT molecular complexity index is 372. The standard InChI is InChI=1S/C12H18N2O2S/c1-16-10-6-11(17-8-10)12(15)14-5-3-9-2-4-13-7-9/h6,8-9,13H,2-5,7H2,1H3,(H,14,15). The summed E-state index contributed by atoms with van der Waals surface area (Å²) in [7, 11) is 1.61. The summed E-state index contributed by atoms with van der Waals surface area (Å²) < 4.78 is 5.05. The smallest absolute Gasteiger partial charge is 0.261 e. The maximum Gasteiger partial charge on any atom is 0.261 e. The van der Waals surface area contributed by atoms with E-state index in [-0.39, 0.29) is 5.91 Å². The first-order chi connectivity index (χ1) is 8.29. The van der Waals surface area contributed by atoms with Gasteiger partial charge in [-0.25, -0.2) is 0 Å². The van der Waals surface area contributed by atoms with Gasteiger partial charge in [0, 0.05) is 18.0 Å². The monoisotopic (exact) mass is 254 g/mol. The number of methoxy groups -OCH3 is 1. The number of amides is 1. The van der Waals surface area contributed by atoms with E-state index in [1.165, 1.54) is 17.8 Å². The summed E-state index contributed by atoms with van der Waals surface area (Å²) >= 11 is 1.42. The molecule has 1 unspecified atom stereocenters. The molecule has 1 aliphatic rings. The molecule has 1 aromatic heterocycles. The van der Waals surface area contributed by atoms with Gasteiger partial charge in [0.05, 0.1) is 12.0 Å². The molecule has 0 bridgehead atoms. The maximum absolute atomic E-state index is 11.8. The number of hydrogen-bond acceptors (Lipinski definition) is 4. The summed E-state index contributed by atoms with van der Waals surface area (Å²) in [5.41, 5.74) is 0. The summed E-state index contributed by atoms with van der Waals surface area (Å²) in [6.07, 6.45) is 2.28. The van der Waals surface area contributed by atoms with Gasteiger partial charge in [-0.15, -0.1) is 11.3 Å². The van der Waals surface area contributed by atoms with Crippen LogP contribution in [0.15, 0.2) is 11.4 Å². The van der Waals surface area contributed by atoms with E-state index in [1.54, 1.807) is 13.2 Å². The van der Waals surface area contributed by atoms with Crippen molar-refractivity contribution >= 4 is 17.2 Å². The lowest BCUT2D eigenvalue weighted by Crippen LogP contribution is -2.25. The lowest BCUT2D eigenvalue weighted by molar-refractivity contribution is 0.0955. The zero-order valence-corrected chi connectivity index (χ0v) is 10.8. The van der Waals surface area contributed by atoms with E-state index in [9.17, 15) is 4.79 Å². The van der Waals surface area contributed by atoms with Crippen molar-refractivity contribution in [2.24, 2.45) is 5.92 Å². The van der Waals surface area contributed by atoms with Crippen LogP contribution in [0.3, 0.4) is 0 Å². The summed E-state index contributed by atoms with van der Waals surface area (Å²) in [6, 6.07) is 1.77. The Kier molecular flexibility index (Phi) is 4.39. The molecule has 0 aromatic carbocycles. The summed E-state index contributed by atoms with van der Waals surface area (Å²) in [6.45, 7) is 2.95. The average Bonchev–Trinajstić information content (AvgIpc) is 2.99. The Morgan fingerprint density at radius 3 is 3.24 bits per heavy atom. The zero-order chi connectivity index (χ0) is 12.1. The van der Waals surface area contributed by atoms with Crippen LogP contribution in [0, 0.1) is 5.92 Å². The van der Waals surface area contributed by atoms with Crippen LogP contribution >= 0.6 is 11.3 Å². The van der Waals surface area contributed by atoms with Crippen molar-refractivity contribution in [2.45, 2.75) is 12.8 Å². The molecule has 94 valence electrons. The van der Waals surface area contributed by atoms with Crippen LogP contribution in [0.5, 0.6) is 5.75 Å². The third-order valence-electron chi connectivity index (χ3n) is 3.04. The second kappa shape index (κ2) is 6.02. The molecule has 0 spiro atoms. The lowest BCUT2D eigenvalue weighted by Gasteiger charge is -2.08. The van der Waals surface area contributed by atoms with E-state index in [0.29, 0.717) is 10.8 Å². The maximum atomic E-state index is 11.8. The van der Waals surface area contributed by atoms with Crippen molar-refractivity contribution in [3.05, 3.63) is 16.3 Å². The van der Waals surface area contributed by atoms with Gasteiger partial charge < -0.3 is 15.4 Å². The van der Waals surface area contributed by atoms with Crippen LogP contribution < -0.4 is 15.4 Å². The number of ether oxygens (including phenoxy) is 1. The van der Waals surface area contributed by atoms with Crippen molar-refractivity contribution in [1.82, 2.24) is 10.6 Å². The second-order valence-electron chi connectivity index (χ2n) is 4.25. The van der Waals surface area contributed by atoms with Crippen LogP contribution in [-0.4, -0.2) is 32.7 Å². The van der Waals surface area contributed by atoms with Crippen LogP contribution in [0.1, 0.15) is 22.5 Å². The first kappa shape index (κ1) is 12.4. The fraction of sp³-hybridized carbons (Fsp3) is 0.583. The Balaban J connectivity index is 1.72. The molecule has 17 heavy (non-hydrogen) atoms. The Labute approximate surface area is 105 Å². The molecule has 1 aliphatic heterocycles. The molecular weight excluding hydrogens is 236 g/mol. The molecular formula is C12H18N2O2S. The van der Waals surface area contributed by atoms with Crippen LogP contribution in [0.25, 0.3) is 0 Å². The summed E-state index contributed by atoms with van der Waals surface area (Å²) in [5.74, 6) is 1.47. The molecule has 1 aromatic rings. The molecule has 4 nitrogen and oxygen atoms in total. The lowest BCUT2D eigenvalue weighted by atomic mass is 10.1. The van der Waals surface area contributed by atoms with Gasteiger partial charge in [-0.05, 0) is 31.8 Å². The van der Waals surface area contributed by atoms with Crippen molar-refractivity contribution in [3.8, 4) is 5.75 Å². The van der Waals surface area contributed by atoms with Gasteiger partial charge in [0.15, 0.2) is 0 Å². The van der Waals surface area contributed by atoms with Crippen LogP contribution in [-0.2, 0) is 0 Å². The van der Waals surface area contributed by atoms with Gasteiger partial charge >= 0.3 is 0 Å². The van der Waals surface area contributed by atoms with E-state index in [2.05, 4.69) is 10.6 Å². The molecule has 2 rings (SSSR count). The molecule has 1 saturated heterocycles. The number of rotatable bonds is 5. The molecule has 1 amide bonds. The number of hydrogen-bond donors (Lipinski definition) is 2. The van der Waals surface area contributed by atoms with Gasteiger partial charge in [0.1, 0.15) is 5.75 Å². The number of nitrogens with one attached hydrogen (secondary N) is 2. The van der Waals surface area contributed by atoms with Crippen molar-refractivity contribution in [2.75, 3.05) is 26.7 Å². The molecule has 5 heteroatoms. The largest absolute Gasteiger partial charge is 0.496 e. The summed E-state index contributed by atoms with van der Waals surface area (Å²) in [4.78, 5) is 12.5. The minimum atomic E-state index is 0.00394. The highest BCUT2D eigenvalue weighted by Gasteiger charge is 2.15. The first-order valence-electron chi connectivity index (χ1n) is 5.91. The van der Waals surface area contributed by atoms with E-state index in [4.69, 9.17) is 4.74 Å². The van der Waals surface area contributed by atoms with Crippen LogP contribution in [0.4, 0.5) is 0 Å². The number of carbonyl (C=O) groups is 1. The zero-order valence-electron chi connectivity index (χ0n) is 9.99. The third-order valence-corrected chi connectivity index (χ3v) is 3.94. The molecule has 0 aliphatic carbocycles. The first-order valence-corrected chi connectivity index (χ1v) is 6.79. The minimum absolute atomic E-state index is 0.00394. The number of carbonyl (C=O) groups excluding carboxylic acids is 1. The SMILES string of the molecule is COc1csc(C(=O)NCCC2CCNC2)c1. The molecule has 2 heterocycles. The highest BCUT2D eigenvalue weighted by molar-refractivity contribution is 7.12. The average molecular weight is 254 g/mol. The molecule has 0 radical (unpaired) electrons. The normalized spacial score (nSPS) is 19.2. The highest BCUT2D eigenvalue weighted by Crippen LogP contribution is 2.20. The Hall–Kier alpha value is -1.07. The topological polar surface area (TPSA) is 50.4 Å². The Morgan fingerprint density at radius 2 is 2.59 bits per heavy atom. The molecule has 1 fully saturated rings. The molecule has 0 saturated carbocycles. The van der Waals surface area contributed by atoms with Gasteiger partial charge in [-0.2, -0.15) is 0 Å². The van der Waals surface area contributed by atoms with Gasteiger partial charge in [-0.1, -0.05) is 0 Å². The van der Waals surface area contributed by atoms with Gasteiger partial charge in [0.2, 0.25) is 0 Å². The van der Waals surface area contributed by atoms with E-state index in [1.807, 2.05) is 5.38 Å². The predicted octanol–water partition coefficient (Wildman–Crippen LogP) is 1.49. The van der Waals surface area contributed by atoms with E-state index < -0.39 is 0 Å². The minimum Gasteiger partial charge on any atom is -0.496 e. The summed E-state index contributed by atoms with van der Waals surface area (Å²) in [5, 5.41) is 8.12. The second-order valence-corrected chi connectivity index (χ2v) is 5.17. The highest BCUT2D eigenvalue weighted by atomic mass is 32.1. The van der Waals surface area contributed by atoms with E-state index >= 15 is 0 Å². The Morgan fingerprint density at radius 1 is 1.71 bits per heavy atom. The van der Waals surface area contributed by atoms with Crippen molar-refractivity contribution in [1.29, 1.82) is 0 Å². The molecule has 2 N–H and O–H groups in total. The van der Waals surface area contributed by atoms with Crippen LogP contribution in [0.2, 0.25) is 0 Å². The van der Waals surface area contributed by atoms with Crippen molar-refractivity contribution < 1.29 is 9.53 Å². The predicted molar refractivity (Wildman–Crippen MR) is 68.8 cm³/mol.